The van der Waals surface area contributed by atoms with E-state index in [-0.39, 0.29) is 0 Å². The molecule has 6 aromatic rings. The molecule has 0 spiro atoms. The summed E-state index contributed by atoms with van der Waals surface area (Å²) in [7, 11) is 0. The van der Waals surface area contributed by atoms with Crippen LogP contribution in [0.15, 0.2) is 103 Å². The second kappa shape index (κ2) is 22.4. The zero-order chi connectivity index (χ0) is 22.6. The number of rotatable bonds is 0. The number of aromatic amines is 2. The van der Waals surface area contributed by atoms with Crippen LogP contribution in [-0.2, 0) is 0 Å². The van der Waals surface area contributed by atoms with Crippen molar-refractivity contribution in [3.8, 4) is 0 Å². The molecule has 0 saturated heterocycles. The number of pyridine rings is 1. The van der Waals surface area contributed by atoms with Gasteiger partial charge in [0.25, 0.3) is 0 Å². The predicted octanol–water partition coefficient (Wildman–Crippen LogP) is 1.17. The van der Waals surface area contributed by atoms with E-state index < -0.39 is 0 Å². The quantitative estimate of drug-likeness (QED) is 0.331. The summed E-state index contributed by atoms with van der Waals surface area (Å²) in [4.78, 5) is 14.4. The van der Waals surface area contributed by atoms with Crippen LogP contribution in [-0.4, -0.2) is 70.5 Å². The van der Waals surface area contributed by atoms with E-state index in [1.54, 1.807) is 30.3 Å². The molecule has 0 amide bonds. The summed E-state index contributed by atoms with van der Waals surface area (Å²) < 4.78 is 7.88. The molecule has 32 heavy (non-hydrogen) atoms. The molecule has 0 fully saturated rings. The summed E-state index contributed by atoms with van der Waals surface area (Å²) >= 11 is 1.35. The first-order chi connectivity index (χ1) is 16.0. The van der Waals surface area contributed by atoms with Crippen molar-refractivity contribution in [2.75, 3.05) is 0 Å². The van der Waals surface area contributed by atoms with Gasteiger partial charge in [-0.3, -0.25) is 10.1 Å². The van der Waals surface area contributed by atoms with Crippen molar-refractivity contribution < 1.29 is 4.52 Å². The lowest BCUT2D eigenvalue weighted by Crippen LogP contribution is -1.69. The third-order valence-electron chi connectivity index (χ3n) is 2.22. The fourth-order valence-electron chi connectivity index (χ4n) is 1.13. The van der Waals surface area contributed by atoms with Crippen LogP contribution in [0.1, 0.15) is 0 Å². The fourth-order valence-corrected chi connectivity index (χ4v) is 1.41. The minimum absolute atomic E-state index is 1.26. The van der Waals surface area contributed by atoms with Crippen LogP contribution in [0.2, 0.25) is 0 Å². The van der Waals surface area contributed by atoms with Gasteiger partial charge in [-0.1, -0.05) is 16.4 Å². The van der Waals surface area contributed by atoms with E-state index >= 15 is 0 Å². The maximum Gasteiger partial charge on any atom is 0.213 e. The number of nitrogens with zero attached hydrogens (tertiary/aromatic N) is 12. The molecule has 6 aromatic heterocycles. The van der Waals surface area contributed by atoms with E-state index in [0.29, 0.717) is 0 Å². The Morgan fingerprint density at radius 3 is 1.66 bits per heavy atom. The molecule has 6 heterocycles. The summed E-state index contributed by atoms with van der Waals surface area (Å²) in [5.41, 5.74) is 1.68. The minimum Gasteiger partial charge on any atom is -0.343 e. The molecule has 0 bridgehead atoms. The molecule has 164 valence electrons. The van der Waals surface area contributed by atoms with Gasteiger partial charge >= 0.3 is 0 Å². The topological polar surface area (TPSA) is 199 Å². The van der Waals surface area contributed by atoms with Crippen molar-refractivity contribution in [3.05, 3.63) is 98.7 Å². The standard InChI is InChI=1S/C5H5N.C4H4N2.C2H3N3.C2H2N2O.C2H2N2S.CH2N4/c2*1-2-4-6-5-3-1;3*1-3-2-5-4-1;1-2-4-5-3-1/h1-5H;1-4H;1-2H,(H,3,4,5);2*1-2H;1H,(H,2,3,4,5). The Kier molecular flexibility index (Phi) is 17.6. The van der Waals surface area contributed by atoms with Crippen molar-refractivity contribution in [3.63, 3.8) is 0 Å². The second-order valence-electron chi connectivity index (χ2n) is 4.31. The molecule has 0 aliphatic heterocycles. The zero-order valence-electron chi connectivity index (χ0n) is 16.4. The van der Waals surface area contributed by atoms with Crippen molar-refractivity contribution in [1.82, 2.24) is 70.5 Å². The maximum atomic E-state index is 4.22. The van der Waals surface area contributed by atoms with Gasteiger partial charge in [-0.05, 0) is 35.8 Å². The molecule has 0 unspecified atom stereocenters. The summed E-state index contributed by atoms with van der Waals surface area (Å²) in [5.74, 6) is 0. The number of nitrogens with one attached hydrogen (secondary N) is 2. The highest BCUT2D eigenvalue weighted by Crippen LogP contribution is 1.77. The molecule has 15 nitrogen and oxygen atoms in total. The lowest BCUT2D eigenvalue weighted by atomic mass is 10.5. The lowest BCUT2D eigenvalue weighted by molar-refractivity contribution is 0.416. The fraction of sp³-hybridized carbons (Fsp3) is 0. The first kappa shape index (κ1) is 25.2. The lowest BCUT2D eigenvalue weighted by Gasteiger charge is -1.70. The van der Waals surface area contributed by atoms with E-state index in [4.69, 9.17) is 0 Å². The molecular formula is C16H18N14OS. The predicted molar refractivity (Wildman–Crippen MR) is 111 cm³/mol. The Labute approximate surface area is 185 Å². The van der Waals surface area contributed by atoms with Gasteiger partial charge in [0.15, 0.2) is 12.7 Å². The van der Waals surface area contributed by atoms with Gasteiger partial charge in [0.1, 0.15) is 24.5 Å². The summed E-state index contributed by atoms with van der Waals surface area (Å²) in [6, 6.07) is 9.37. The SMILES string of the molecule is c1ccncc1.c1ccnnc1.c1nc[nH]n1.c1ncon1.c1ncsn1.c1nn[nH]n1. The highest BCUT2D eigenvalue weighted by molar-refractivity contribution is 7.03. The van der Waals surface area contributed by atoms with E-state index in [1.165, 1.54) is 49.6 Å². The highest BCUT2D eigenvalue weighted by Gasteiger charge is 1.62. The van der Waals surface area contributed by atoms with Crippen molar-refractivity contribution >= 4 is 11.5 Å². The molecular weight excluding hydrogens is 436 g/mol. The van der Waals surface area contributed by atoms with Gasteiger partial charge in [-0.15, -0.1) is 10.2 Å². The Morgan fingerprint density at radius 1 is 0.656 bits per heavy atom. The zero-order valence-corrected chi connectivity index (χ0v) is 17.2. The van der Waals surface area contributed by atoms with Crippen LogP contribution in [0.3, 0.4) is 0 Å². The number of tetrazole rings is 1. The number of hydrogen-bond donors (Lipinski definition) is 2. The molecule has 0 atom stereocenters. The van der Waals surface area contributed by atoms with Crippen LogP contribution in [0.5, 0.6) is 0 Å². The molecule has 6 rings (SSSR count). The summed E-state index contributed by atoms with van der Waals surface area (Å²) in [6.45, 7) is 0. The smallest absolute Gasteiger partial charge is 0.213 e. The minimum atomic E-state index is 1.26. The first-order valence-corrected chi connectivity index (χ1v) is 9.24. The van der Waals surface area contributed by atoms with Gasteiger partial charge in [-0.2, -0.15) is 24.9 Å². The van der Waals surface area contributed by atoms with Crippen LogP contribution < -0.4 is 0 Å². The van der Waals surface area contributed by atoms with E-state index in [9.17, 15) is 0 Å². The molecule has 2 N–H and O–H groups in total. The third-order valence-corrected chi connectivity index (χ3v) is 2.65. The van der Waals surface area contributed by atoms with Crippen molar-refractivity contribution in [1.29, 1.82) is 0 Å². The average Bonchev–Trinajstić information content (AvgIpc) is 3.73. The van der Waals surface area contributed by atoms with E-state index in [1.807, 2.05) is 30.3 Å². The van der Waals surface area contributed by atoms with Crippen molar-refractivity contribution in [2.45, 2.75) is 0 Å². The third kappa shape index (κ3) is 19.9. The average molecular weight is 454 g/mol. The summed E-state index contributed by atoms with van der Waals surface area (Å²) in [5, 5.41) is 28.5. The molecule has 0 aromatic carbocycles. The van der Waals surface area contributed by atoms with Gasteiger partial charge in [-0.25, -0.2) is 15.0 Å². The van der Waals surface area contributed by atoms with Crippen molar-refractivity contribution in [2.24, 2.45) is 0 Å². The van der Waals surface area contributed by atoms with E-state index in [0.717, 1.165) is 0 Å². The van der Waals surface area contributed by atoms with Crippen LogP contribution in [0, 0.1) is 0 Å². The molecule has 0 radical (unpaired) electrons. The second-order valence-corrected chi connectivity index (χ2v) is 4.94. The summed E-state index contributed by atoms with van der Waals surface area (Å²) in [6.07, 6.45) is 15.2. The maximum absolute atomic E-state index is 4.22. The van der Waals surface area contributed by atoms with Gasteiger partial charge < -0.3 is 4.52 Å². The van der Waals surface area contributed by atoms with Gasteiger partial charge in [0.2, 0.25) is 6.39 Å². The first-order valence-electron chi connectivity index (χ1n) is 8.40. The van der Waals surface area contributed by atoms with Gasteiger partial charge in [0.05, 0.1) is 0 Å². The van der Waals surface area contributed by atoms with Gasteiger partial charge in [0, 0.05) is 24.8 Å². The number of hydrogen-bond acceptors (Lipinski definition) is 14. The molecule has 16 heteroatoms. The van der Waals surface area contributed by atoms with Crippen LogP contribution in [0.25, 0.3) is 0 Å². The van der Waals surface area contributed by atoms with E-state index in [2.05, 4.69) is 75.0 Å². The van der Waals surface area contributed by atoms with Crippen LogP contribution >= 0.6 is 11.5 Å². The molecule has 0 aliphatic carbocycles. The number of aromatic nitrogens is 14. The monoisotopic (exact) mass is 454 g/mol. The molecule has 0 saturated carbocycles. The Hall–Kier alpha value is -4.86. The Morgan fingerprint density at radius 2 is 1.47 bits per heavy atom. The number of H-pyrrole nitrogens is 2. The molecule has 0 aliphatic rings. The highest BCUT2D eigenvalue weighted by atomic mass is 32.1. The Balaban J connectivity index is 0.000000192. The Bertz CT molecular complexity index is 710. The van der Waals surface area contributed by atoms with Crippen LogP contribution in [0.4, 0.5) is 0 Å². The normalized spacial score (nSPS) is 8.00. The largest absolute Gasteiger partial charge is 0.343 e.